The molecule has 0 spiro atoms. The molecular formula is C22H24F2N4OS. The molecule has 30 heavy (non-hydrogen) atoms. The van der Waals surface area contributed by atoms with Gasteiger partial charge in [0.1, 0.15) is 11.6 Å². The highest BCUT2D eigenvalue weighted by Gasteiger charge is 2.22. The van der Waals surface area contributed by atoms with Crippen molar-refractivity contribution in [2.75, 3.05) is 5.32 Å². The summed E-state index contributed by atoms with van der Waals surface area (Å²) in [6.07, 6.45) is 0. The summed E-state index contributed by atoms with van der Waals surface area (Å²) < 4.78 is 29.1. The van der Waals surface area contributed by atoms with E-state index in [4.69, 9.17) is 0 Å². The van der Waals surface area contributed by atoms with E-state index in [1.165, 1.54) is 29.5 Å². The van der Waals surface area contributed by atoms with Crippen molar-refractivity contribution in [3.05, 3.63) is 59.7 Å². The fourth-order valence-corrected chi connectivity index (χ4v) is 3.85. The standard InChI is InChI=1S/C22H24F2N4OS/c1-5-28-20(18-11-8-16(23)12-19(18)24)26-27-22(28)30-14(4)21(29)25-17-9-6-15(7-10-17)13(2)3/h6-14H,5H2,1-4H3,(H,25,29). The number of carbonyl (C=O) groups is 1. The van der Waals surface area contributed by atoms with Crippen LogP contribution in [0.25, 0.3) is 11.4 Å². The van der Waals surface area contributed by atoms with Crippen molar-refractivity contribution in [3.63, 3.8) is 0 Å². The van der Waals surface area contributed by atoms with Crippen LogP contribution in [0.4, 0.5) is 14.5 Å². The molecule has 2 aromatic carbocycles. The molecule has 0 saturated heterocycles. The van der Waals surface area contributed by atoms with Gasteiger partial charge >= 0.3 is 0 Å². The van der Waals surface area contributed by atoms with E-state index >= 15 is 0 Å². The van der Waals surface area contributed by atoms with Crippen LogP contribution in [0.3, 0.4) is 0 Å². The smallest absolute Gasteiger partial charge is 0.237 e. The molecule has 1 atom stereocenters. The molecule has 3 aromatic rings. The Balaban J connectivity index is 1.74. The van der Waals surface area contributed by atoms with Crippen LogP contribution < -0.4 is 5.32 Å². The molecule has 8 heteroatoms. The van der Waals surface area contributed by atoms with Crippen LogP contribution in [0, 0.1) is 11.6 Å². The van der Waals surface area contributed by atoms with E-state index in [0.717, 1.165) is 11.8 Å². The lowest BCUT2D eigenvalue weighted by molar-refractivity contribution is -0.115. The molecule has 3 rings (SSSR count). The summed E-state index contributed by atoms with van der Waals surface area (Å²) in [5, 5.41) is 11.1. The average Bonchev–Trinajstić information content (AvgIpc) is 3.10. The summed E-state index contributed by atoms with van der Waals surface area (Å²) in [6, 6.07) is 11.1. The summed E-state index contributed by atoms with van der Waals surface area (Å²) >= 11 is 1.24. The third-order valence-electron chi connectivity index (χ3n) is 4.70. The molecule has 0 aliphatic carbocycles. The van der Waals surface area contributed by atoms with Crippen LogP contribution in [-0.2, 0) is 11.3 Å². The number of halogens is 2. The van der Waals surface area contributed by atoms with Crippen LogP contribution >= 0.6 is 11.8 Å². The highest BCUT2D eigenvalue weighted by molar-refractivity contribution is 8.00. The van der Waals surface area contributed by atoms with Crippen molar-refractivity contribution in [1.29, 1.82) is 0 Å². The minimum atomic E-state index is -0.704. The van der Waals surface area contributed by atoms with Crippen molar-refractivity contribution < 1.29 is 13.6 Å². The second-order valence-electron chi connectivity index (χ2n) is 7.20. The van der Waals surface area contributed by atoms with Gasteiger partial charge in [-0.05, 0) is 49.6 Å². The van der Waals surface area contributed by atoms with Crippen molar-refractivity contribution in [1.82, 2.24) is 14.8 Å². The summed E-state index contributed by atoms with van der Waals surface area (Å²) in [5.41, 5.74) is 2.09. The first-order valence-electron chi connectivity index (χ1n) is 9.76. The van der Waals surface area contributed by atoms with Gasteiger partial charge in [0.15, 0.2) is 11.0 Å². The Morgan fingerprint density at radius 2 is 1.80 bits per heavy atom. The van der Waals surface area contributed by atoms with Gasteiger partial charge in [0, 0.05) is 18.3 Å². The summed E-state index contributed by atoms with van der Waals surface area (Å²) in [6.45, 7) is 8.35. The Morgan fingerprint density at radius 3 is 2.40 bits per heavy atom. The van der Waals surface area contributed by atoms with Gasteiger partial charge in [0.2, 0.25) is 5.91 Å². The molecule has 0 fully saturated rings. The summed E-state index contributed by atoms with van der Waals surface area (Å²) in [5.74, 6) is -0.805. The maximum Gasteiger partial charge on any atom is 0.237 e. The van der Waals surface area contributed by atoms with Gasteiger partial charge in [0.25, 0.3) is 0 Å². The van der Waals surface area contributed by atoms with Gasteiger partial charge in [-0.1, -0.05) is 37.7 Å². The predicted molar refractivity (Wildman–Crippen MR) is 116 cm³/mol. The number of nitrogens with one attached hydrogen (secondary N) is 1. The fraction of sp³-hybridized carbons (Fsp3) is 0.318. The number of hydrogen-bond donors (Lipinski definition) is 1. The molecule has 5 nitrogen and oxygen atoms in total. The number of carbonyl (C=O) groups excluding carboxylic acids is 1. The normalized spacial score (nSPS) is 12.2. The third kappa shape index (κ3) is 4.87. The maximum absolute atomic E-state index is 14.2. The number of anilines is 1. The van der Waals surface area contributed by atoms with Crippen LogP contribution in [0.1, 0.15) is 39.2 Å². The van der Waals surface area contributed by atoms with Crippen LogP contribution in [0.5, 0.6) is 0 Å². The zero-order valence-electron chi connectivity index (χ0n) is 17.3. The average molecular weight is 431 g/mol. The number of nitrogens with zero attached hydrogens (tertiary/aromatic N) is 3. The minimum Gasteiger partial charge on any atom is -0.325 e. The third-order valence-corrected chi connectivity index (χ3v) is 5.78. The van der Waals surface area contributed by atoms with Crippen LogP contribution in [0.15, 0.2) is 47.6 Å². The van der Waals surface area contributed by atoms with Crippen molar-refractivity contribution in [2.24, 2.45) is 0 Å². The number of benzene rings is 2. The first-order valence-corrected chi connectivity index (χ1v) is 10.6. The first-order chi connectivity index (χ1) is 14.3. The lowest BCUT2D eigenvalue weighted by Crippen LogP contribution is -2.23. The summed E-state index contributed by atoms with van der Waals surface area (Å²) in [7, 11) is 0. The SMILES string of the molecule is CCn1c(SC(C)C(=O)Nc2ccc(C(C)C)cc2)nnc1-c1ccc(F)cc1F. The molecule has 0 aliphatic rings. The Bertz CT molecular complexity index is 1030. The quantitative estimate of drug-likeness (QED) is 0.504. The zero-order valence-corrected chi connectivity index (χ0v) is 18.1. The number of rotatable bonds is 7. The maximum atomic E-state index is 14.2. The minimum absolute atomic E-state index is 0.167. The first kappa shape index (κ1) is 22.0. The molecule has 0 radical (unpaired) electrons. The highest BCUT2D eigenvalue weighted by atomic mass is 32.2. The number of aromatic nitrogens is 3. The van der Waals surface area contributed by atoms with Gasteiger partial charge < -0.3 is 9.88 Å². The molecule has 0 bridgehead atoms. The fourth-order valence-electron chi connectivity index (χ4n) is 2.94. The molecule has 0 aliphatic heterocycles. The van der Waals surface area contributed by atoms with Gasteiger partial charge in [-0.3, -0.25) is 4.79 Å². The number of thioether (sulfide) groups is 1. The van der Waals surface area contributed by atoms with Gasteiger partial charge in [0.05, 0.1) is 10.8 Å². The zero-order chi connectivity index (χ0) is 21.8. The Kier molecular flexibility index (Phi) is 6.87. The molecule has 1 heterocycles. The van der Waals surface area contributed by atoms with Crippen molar-refractivity contribution in [3.8, 4) is 11.4 Å². The van der Waals surface area contributed by atoms with Gasteiger partial charge in [-0.25, -0.2) is 8.78 Å². The lowest BCUT2D eigenvalue weighted by Gasteiger charge is -2.13. The second kappa shape index (κ2) is 9.38. The summed E-state index contributed by atoms with van der Waals surface area (Å²) in [4.78, 5) is 12.6. The molecule has 1 amide bonds. The number of amides is 1. The van der Waals surface area contributed by atoms with E-state index in [2.05, 4.69) is 29.4 Å². The Hall–Kier alpha value is -2.74. The van der Waals surface area contributed by atoms with E-state index in [-0.39, 0.29) is 11.5 Å². The van der Waals surface area contributed by atoms with E-state index in [1.54, 1.807) is 11.5 Å². The molecule has 1 unspecified atom stereocenters. The molecule has 1 aromatic heterocycles. The van der Waals surface area contributed by atoms with Crippen molar-refractivity contribution >= 4 is 23.4 Å². The largest absolute Gasteiger partial charge is 0.325 e. The van der Waals surface area contributed by atoms with Crippen molar-refractivity contribution in [2.45, 2.75) is 50.6 Å². The second-order valence-corrected chi connectivity index (χ2v) is 8.51. The highest BCUT2D eigenvalue weighted by Crippen LogP contribution is 2.29. The van der Waals surface area contributed by atoms with E-state index in [0.29, 0.717) is 23.4 Å². The van der Waals surface area contributed by atoms with E-state index in [9.17, 15) is 13.6 Å². The van der Waals surface area contributed by atoms with Gasteiger partial charge in [-0.15, -0.1) is 10.2 Å². The molecule has 0 saturated carbocycles. The van der Waals surface area contributed by atoms with E-state index in [1.807, 2.05) is 31.2 Å². The predicted octanol–water partition coefficient (Wildman–Crippen LogP) is 5.49. The Labute approximate surface area is 178 Å². The van der Waals surface area contributed by atoms with Crippen LogP contribution in [-0.4, -0.2) is 25.9 Å². The van der Waals surface area contributed by atoms with Crippen LogP contribution in [0.2, 0.25) is 0 Å². The number of hydrogen-bond acceptors (Lipinski definition) is 4. The molecule has 1 N–H and O–H groups in total. The monoisotopic (exact) mass is 430 g/mol. The molecule has 158 valence electrons. The topological polar surface area (TPSA) is 59.8 Å². The van der Waals surface area contributed by atoms with Gasteiger partial charge in [-0.2, -0.15) is 0 Å². The Morgan fingerprint density at radius 1 is 1.10 bits per heavy atom. The molecular weight excluding hydrogens is 406 g/mol. The van der Waals surface area contributed by atoms with E-state index < -0.39 is 16.9 Å². The lowest BCUT2D eigenvalue weighted by atomic mass is 10.0.